The van der Waals surface area contributed by atoms with Gasteiger partial charge in [0.25, 0.3) is 0 Å². The number of aliphatic imine (C=N–C) groups is 1. The lowest BCUT2D eigenvalue weighted by Gasteiger charge is -2.13. The number of halogens is 2. The van der Waals surface area contributed by atoms with Gasteiger partial charge in [0.1, 0.15) is 0 Å². The number of rotatable bonds is 6. The molecule has 8 heteroatoms. The van der Waals surface area contributed by atoms with Crippen molar-refractivity contribution < 1.29 is 18.7 Å². The first-order valence-corrected chi connectivity index (χ1v) is 7.83. The van der Waals surface area contributed by atoms with Gasteiger partial charge < -0.3 is 20.9 Å². The molecule has 134 valence electrons. The van der Waals surface area contributed by atoms with Crippen LogP contribution >= 0.6 is 11.6 Å². The third kappa shape index (κ3) is 3.93. The molecule has 0 radical (unpaired) electrons. The molecule has 1 aliphatic carbocycles. The van der Waals surface area contributed by atoms with Crippen molar-refractivity contribution in [1.29, 1.82) is 0 Å². The summed E-state index contributed by atoms with van der Waals surface area (Å²) in [5, 5.41) is 0.110. The molecule has 0 atom stereocenters. The van der Waals surface area contributed by atoms with E-state index in [-0.39, 0.29) is 39.5 Å². The smallest absolute Gasteiger partial charge is 0.357 e. The Bertz CT molecular complexity index is 782. The van der Waals surface area contributed by atoms with Gasteiger partial charge in [-0.15, -0.1) is 0 Å². The van der Waals surface area contributed by atoms with Crippen LogP contribution in [0.4, 0.5) is 4.39 Å². The van der Waals surface area contributed by atoms with Crippen molar-refractivity contribution in [3.63, 3.8) is 0 Å². The summed E-state index contributed by atoms with van der Waals surface area (Å²) in [6.45, 7) is 3.73. The lowest BCUT2D eigenvalue weighted by atomic mass is 10.0. The third-order valence-corrected chi connectivity index (χ3v) is 4.04. The Labute approximate surface area is 149 Å². The van der Waals surface area contributed by atoms with E-state index in [0.29, 0.717) is 5.57 Å². The van der Waals surface area contributed by atoms with Gasteiger partial charge in [-0.1, -0.05) is 18.2 Å². The first kappa shape index (κ1) is 18.8. The Kier molecular flexibility index (Phi) is 5.69. The van der Waals surface area contributed by atoms with Crippen LogP contribution in [-0.2, 0) is 9.53 Å². The number of hydrogen-bond acceptors (Lipinski definition) is 6. The number of nitrogens with two attached hydrogens (primary N) is 2. The Balaban J connectivity index is 2.52. The molecule has 0 heterocycles. The summed E-state index contributed by atoms with van der Waals surface area (Å²) in [6.07, 6.45) is 1.66. The van der Waals surface area contributed by atoms with Gasteiger partial charge in [-0.2, -0.15) is 0 Å². The van der Waals surface area contributed by atoms with Crippen LogP contribution in [0.25, 0.3) is 5.70 Å². The molecule has 1 aliphatic rings. The first-order valence-electron chi connectivity index (χ1n) is 7.45. The maximum absolute atomic E-state index is 14.5. The molecule has 0 saturated heterocycles. The number of hydrogen-bond donors (Lipinski definition) is 2. The van der Waals surface area contributed by atoms with E-state index in [4.69, 9.17) is 32.5 Å². The summed E-state index contributed by atoms with van der Waals surface area (Å²) in [4.78, 5) is 16.3. The van der Waals surface area contributed by atoms with E-state index in [1.807, 2.05) is 0 Å². The highest BCUT2D eigenvalue weighted by atomic mass is 35.5. The number of benzene rings is 1. The predicted molar refractivity (Wildman–Crippen MR) is 94.6 cm³/mol. The molecule has 0 spiro atoms. The van der Waals surface area contributed by atoms with Crippen LogP contribution < -0.4 is 16.2 Å². The average Bonchev–Trinajstić information content (AvgIpc) is 3.38. The van der Waals surface area contributed by atoms with Crippen LogP contribution in [0, 0.1) is 11.7 Å². The molecule has 0 aliphatic heterocycles. The molecule has 6 nitrogen and oxygen atoms in total. The fraction of sp³-hybridized carbons (Fsp3) is 0.294. The van der Waals surface area contributed by atoms with Crippen molar-refractivity contribution in [1.82, 2.24) is 0 Å². The molecule has 0 bridgehead atoms. The summed E-state index contributed by atoms with van der Waals surface area (Å²) in [5.74, 6) is -1.58. The zero-order chi connectivity index (χ0) is 18.7. The number of carbonyl (C=O) groups is 1. The molecule has 4 N–H and O–H groups in total. The predicted octanol–water partition coefficient (Wildman–Crippen LogP) is 2.61. The summed E-state index contributed by atoms with van der Waals surface area (Å²) >= 11 is 5.88. The van der Waals surface area contributed by atoms with E-state index in [1.165, 1.54) is 26.4 Å². The van der Waals surface area contributed by atoms with Crippen LogP contribution in [0.2, 0.25) is 5.02 Å². The quantitative estimate of drug-likeness (QED) is 0.594. The molecule has 0 amide bonds. The maximum atomic E-state index is 14.5. The fourth-order valence-corrected chi connectivity index (χ4v) is 2.61. The van der Waals surface area contributed by atoms with Gasteiger partial charge in [0, 0.05) is 11.1 Å². The van der Waals surface area contributed by atoms with E-state index < -0.39 is 11.8 Å². The van der Waals surface area contributed by atoms with E-state index >= 15 is 0 Å². The van der Waals surface area contributed by atoms with Crippen LogP contribution in [0.1, 0.15) is 18.4 Å². The molecule has 0 aromatic heterocycles. The molecule has 0 unspecified atom stereocenters. The average molecular weight is 368 g/mol. The SMILES string of the molecule is C=C(/N=C(/C(=O)OC)C(=C(N)N)C1CC1)c1ccc(Cl)c(OC)c1F. The van der Waals surface area contributed by atoms with Crippen molar-refractivity contribution in [2.75, 3.05) is 14.2 Å². The maximum Gasteiger partial charge on any atom is 0.357 e. The largest absolute Gasteiger partial charge is 0.492 e. The summed E-state index contributed by atoms with van der Waals surface area (Å²) in [7, 11) is 2.51. The zero-order valence-electron chi connectivity index (χ0n) is 13.9. The monoisotopic (exact) mass is 367 g/mol. The van der Waals surface area contributed by atoms with Gasteiger partial charge in [0.2, 0.25) is 0 Å². The zero-order valence-corrected chi connectivity index (χ0v) is 14.7. The van der Waals surface area contributed by atoms with Crippen molar-refractivity contribution in [2.24, 2.45) is 22.4 Å². The van der Waals surface area contributed by atoms with Crippen LogP contribution in [-0.4, -0.2) is 25.9 Å². The summed E-state index contributed by atoms with van der Waals surface area (Å²) in [5.41, 5.74) is 11.8. The van der Waals surface area contributed by atoms with E-state index in [0.717, 1.165) is 12.8 Å². The van der Waals surface area contributed by atoms with Crippen molar-refractivity contribution >= 4 is 29.0 Å². The molecule has 1 saturated carbocycles. The molecule has 1 fully saturated rings. The summed E-state index contributed by atoms with van der Waals surface area (Å²) < 4.78 is 24.2. The molecule has 1 aromatic carbocycles. The molecular formula is C17H19ClFN3O3. The number of methoxy groups -OCH3 is 2. The summed E-state index contributed by atoms with van der Waals surface area (Å²) in [6, 6.07) is 2.85. The number of esters is 1. The number of nitrogens with zero attached hydrogens (tertiary/aromatic N) is 1. The Morgan fingerprint density at radius 3 is 2.48 bits per heavy atom. The third-order valence-electron chi connectivity index (χ3n) is 3.74. The standard InChI is InChI=1S/C17H19ClFN3O3/c1-8(10-6-7-11(18)15(24-2)13(10)19)22-14(17(23)25-3)12(16(20)21)9-4-5-9/h6-7,9H,1,4-5,20-21H2,2-3H3/b22-14+. The topological polar surface area (TPSA) is 99.9 Å². The second kappa shape index (κ2) is 7.57. The van der Waals surface area contributed by atoms with Gasteiger partial charge in [-0.3, -0.25) is 0 Å². The van der Waals surface area contributed by atoms with Crippen molar-refractivity contribution in [2.45, 2.75) is 12.8 Å². The molecular weight excluding hydrogens is 349 g/mol. The van der Waals surface area contributed by atoms with Gasteiger partial charge in [-0.25, -0.2) is 14.2 Å². The van der Waals surface area contributed by atoms with Crippen LogP contribution in [0.15, 0.2) is 35.1 Å². The Morgan fingerprint density at radius 1 is 1.36 bits per heavy atom. The van der Waals surface area contributed by atoms with Gasteiger partial charge in [-0.05, 0) is 30.9 Å². The van der Waals surface area contributed by atoms with E-state index in [1.54, 1.807) is 0 Å². The molecule has 25 heavy (non-hydrogen) atoms. The Morgan fingerprint density at radius 2 is 2.00 bits per heavy atom. The number of carbonyl (C=O) groups excluding carboxylic acids is 1. The highest BCUT2D eigenvalue weighted by molar-refractivity contribution is 6.44. The van der Waals surface area contributed by atoms with Gasteiger partial charge >= 0.3 is 5.97 Å². The second-order valence-electron chi connectivity index (χ2n) is 5.48. The highest BCUT2D eigenvalue weighted by Gasteiger charge is 2.34. The normalized spacial score (nSPS) is 14.0. The fourth-order valence-electron chi connectivity index (χ4n) is 2.39. The number of ether oxygens (including phenoxy) is 2. The second-order valence-corrected chi connectivity index (χ2v) is 5.89. The minimum absolute atomic E-state index is 0.00716. The van der Waals surface area contributed by atoms with Crippen molar-refractivity contribution in [3.05, 3.63) is 46.5 Å². The van der Waals surface area contributed by atoms with Gasteiger partial charge in [0.15, 0.2) is 17.3 Å². The van der Waals surface area contributed by atoms with Gasteiger partial charge in [0.05, 0.1) is 30.8 Å². The lowest BCUT2D eigenvalue weighted by Crippen LogP contribution is -2.26. The van der Waals surface area contributed by atoms with Crippen molar-refractivity contribution in [3.8, 4) is 5.75 Å². The lowest BCUT2D eigenvalue weighted by molar-refractivity contribution is -0.132. The molecule has 2 rings (SSSR count). The van der Waals surface area contributed by atoms with Crippen LogP contribution in [0.3, 0.4) is 0 Å². The minimum Gasteiger partial charge on any atom is -0.492 e. The van der Waals surface area contributed by atoms with Crippen LogP contribution in [0.5, 0.6) is 5.75 Å². The van der Waals surface area contributed by atoms with E-state index in [9.17, 15) is 9.18 Å². The molecule has 1 aromatic rings. The first-order chi connectivity index (χ1) is 11.8. The minimum atomic E-state index is -0.731. The van der Waals surface area contributed by atoms with E-state index in [2.05, 4.69) is 11.6 Å². The Hall–Kier alpha value is -2.54. The highest BCUT2D eigenvalue weighted by Crippen LogP contribution is 2.39.